The van der Waals surface area contributed by atoms with Crippen LogP contribution in [0.4, 0.5) is 8.78 Å². The van der Waals surface area contributed by atoms with E-state index in [1.54, 1.807) is 24.3 Å². The van der Waals surface area contributed by atoms with Crippen molar-refractivity contribution in [3.05, 3.63) is 69.7 Å². The van der Waals surface area contributed by atoms with E-state index >= 15 is 0 Å². The molecule has 0 saturated heterocycles. The summed E-state index contributed by atoms with van der Waals surface area (Å²) in [5.74, 6) is 4.67. The second-order valence-electron chi connectivity index (χ2n) is 3.79. The molecule has 2 aromatic carbocycles. The lowest BCUT2D eigenvalue weighted by molar-refractivity contribution is 0.553. The SMILES string of the molecule is NNC(c1cccc(F)c1)c1c(F)cccc1Br. The third kappa shape index (κ3) is 2.58. The fourth-order valence-corrected chi connectivity index (χ4v) is 2.39. The van der Waals surface area contributed by atoms with Gasteiger partial charge in [0.15, 0.2) is 0 Å². The van der Waals surface area contributed by atoms with Crippen LogP contribution in [0.5, 0.6) is 0 Å². The summed E-state index contributed by atoms with van der Waals surface area (Å²) in [6.45, 7) is 0. The molecular weight excluding hydrogens is 302 g/mol. The molecule has 0 heterocycles. The molecule has 0 fully saturated rings. The van der Waals surface area contributed by atoms with E-state index in [9.17, 15) is 8.78 Å². The van der Waals surface area contributed by atoms with Crippen molar-refractivity contribution in [3.63, 3.8) is 0 Å². The Morgan fingerprint density at radius 3 is 2.44 bits per heavy atom. The van der Waals surface area contributed by atoms with Crippen molar-refractivity contribution in [3.8, 4) is 0 Å². The van der Waals surface area contributed by atoms with Crippen molar-refractivity contribution in [1.82, 2.24) is 5.43 Å². The minimum absolute atomic E-state index is 0.352. The van der Waals surface area contributed by atoms with E-state index in [1.807, 2.05) is 0 Å². The molecule has 0 aliphatic rings. The normalized spacial score (nSPS) is 12.4. The number of nitrogens with one attached hydrogen (secondary N) is 1. The van der Waals surface area contributed by atoms with E-state index in [4.69, 9.17) is 5.84 Å². The third-order valence-electron chi connectivity index (χ3n) is 2.64. The Morgan fingerprint density at radius 1 is 1.11 bits per heavy atom. The second kappa shape index (κ2) is 5.56. The van der Waals surface area contributed by atoms with E-state index in [0.717, 1.165) is 0 Å². The van der Waals surface area contributed by atoms with Crippen LogP contribution < -0.4 is 11.3 Å². The first-order valence-corrected chi connectivity index (χ1v) is 6.08. The number of hydrazine groups is 1. The highest BCUT2D eigenvalue weighted by Crippen LogP contribution is 2.30. The van der Waals surface area contributed by atoms with Crippen LogP contribution in [0.25, 0.3) is 0 Å². The summed E-state index contributed by atoms with van der Waals surface area (Å²) in [6.07, 6.45) is 0. The van der Waals surface area contributed by atoms with Gasteiger partial charge in [-0.05, 0) is 29.8 Å². The Hall–Kier alpha value is -1.30. The minimum atomic E-state index is -0.615. The summed E-state index contributed by atoms with van der Waals surface area (Å²) in [4.78, 5) is 0. The van der Waals surface area contributed by atoms with Crippen molar-refractivity contribution in [2.45, 2.75) is 6.04 Å². The highest BCUT2D eigenvalue weighted by molar-refractivity contribution is 9.10. The van der Waals surface area contributed by atoms with Gasteiger partial charge in [0.05, 0.1) is 6.04 Å². The number of nitrogens with two attached hydrogens (primary N) is 1. The summed E-state index contributed by atoms with van der Waals surface area (Å²) in [5.41, 5.74) is 3.42. The molecule has 0 aliphatic heterocycles. The summed E-state index contributed by atoms with van der Waals surface area (Å²) in [6, 6.07) is 9.91. The lowest BCUT2D eigenvalue weighted by Gasteiger charge is -2.19. The van der Waals surface area contributed by atoms with Crippen LogP contribution in [-0.4, -0.2) is 0 Å². The number of halogens is 3. The lowest BCUT2D eigenvalue weighted by atomic mass is 9.99. The molecule has 1 atom stereocenters. The Kier molecular flexibility index (Phi) is 4.06. The van der Waals surface area contributed by atoms with Gasteiger partial charge in [0.25, 0.3) is 0 Å². The molecule has 0 bridgehead atoms. The van der Waals surface area contributed by atoms with Gasteiger partial charge >= 0.3 is 0 Å². The van der Waals surface area contributed by atoms with Crippen LogP contribution in [0.2, 0.25) is 0 Å². The zero-order chi connectivity index (χ0) is 13.1. The maximum Gasteiger partial charge on any atom is 0.129 e. The maximum atomic E-state index is 13.9. The highest BCUT2D eigenvalue weighted by Gasteiger charge is 2.19. The van der Waals surface area contributed by atoms with Gasteiger partial charge < -0.3 is 0 Å². The van der Waals surface area contributed by atoms with E-state index in [-0.39, 0.29) is 5.82 Å². The second-order valence-corrected chi connectivity index (χ2v) is 4.64. The Balaban J connectivity index is 2.52. The predicted octanol–water partition coefficient (Wildman–Crippen LogP) is 3.28. The maximum absolute atomic E-state index is 13.9. The molecule has 0 spiro atoms. The summed E-state index contributed by atoms with van der Waals surface area (Å²) in [7, 11) is 0. The molecule has 0 amide bonds. The first-order chi connectivity index (χ1) is 8.63. The van der Waals surface area contributed by atoms with Crippen LogP contribution in [0.15, 0.2) is 46.9 Å². The van der Waals surface area contributed by atoms with Gasteiger partial charge in [-0.3, -0.25) is 5.84 Å². The molecule has 3 N–H and O–H groups in total. The number of hydrogen-bond acceptors (Lipinski definition) is 2. The molecule has 18 heavy (non-hydrogen) atoms. The van der Waals surface area contributed by atoms with Crippen molar-refractivity contribution < 1.29 is 8.78 Å². The average Bonchev–Trinajstić information content (AvgIpc) is 2.34. The molecule has 0 radical (unpaired) electrons. The van der Waals surface area contributed by atoms with Crippen molar-refractivity contribution in [2.24, 2.45) is 5.84 Å². The van der Waals surface area contributed by atoms with Crippen LogP contribution in [-0.2, 0) is 0 Å². The quantitative estimate of drug-likeness (QED) is 0.674. The minimum Gasteiger partial charge on any atom is -0.271 e. The molecule has 2 nitrogen and oxygen atoms in total. The molecular formula is C13H11BrF2N2. The smallest absolute Gasteiger partial charge is 0.129 e. The van der Waals surface area contributed by atoms with Crippen LogP contribution in [0.3, 0.4) is 0 Å². The van der Waals surface area contributed by atoms with Crippen molar-refractivity contribution in [2.75, 3.05) is 0 Å². The lowest BCUT2D eigenvalue weighted by Crippen LogP contribution is -2.29. The Bertz CT molecular complexity index is 540. The first kappa shape index (κ1) is 13.1. The first-order valence-electron chi connectivity index (χ1n) is 5.29. The summed E-state index contributed by atoms with van der Waals surface area (Å²) < 4.78 is 27.6. The topological polar surface area (TPSA) is 38.0 Å². The van der Waals surface area contributed by atoms with Crippen LogP contribution >= 0.6 is 15.9 Å². The zero-order valence-electron chi connectivity index (χ0n) is 9.33. The Morgan fingerprint density at radius 2 is 1.83 bits per heavy atom. The molecule has 2 aromatic rings. The summed E-state index contributed by atoms with van der Waals surface area (Å²) >= 11 is 3.28. The monoisotopic (exact) mass is 312 g/mol. The van der Waals surface area contributed by atoms with E-state index < -0.39 is 11.9 Å². The third-order valence-corrected chi connectivity index (χ3v) is 3.33. The number of rotatable bonds is 3. The van der Waals surface area contributed by atoms with Gasteiger partial charge in [-0.2, -0.15) is 0 Å². The Labute approximate surface area is 112 Å². The number of benzene rings is 2. The fourth-order valence-electron chi connectivity index (χ4n) is 1.82. The zero-order valence-corrected chi connectivity index (χ0v) is 10.9. The standard InChI is InChI=1S/C13H11BrF2N2/c14-10-5-2-6-11(16)12(10)13(18-17)8-3-1-4-9(15)7-8/h1-7,13,18H,17H2. The van der Waals surface area contributed by atoms with Crippen LogP contribution in [0.1, 0.15) is 17.2 Å². The summed E-state index contributed by atoms with van der Waals surface area (Å²) in [5, 5.41) is 0. The van der Waals surface area contributed by atoms with Crippen molar-refractivity contribution >= 4 is 15.9 Å². The van der Waals surface area contributed by atoms with E-state index in [0.29, 0.717) is 15.6 Å². The van der Waals surface area contributed by atoms with Crippen LogP contribution in [0, 0.1) is 11.6 Å². The highest BCUT2D eigenvalue weighted by atomic mass is 79.9. The van der Waals surface area contributed by atoms with E-state index in [1.165, 1.54) is 18.2 Å². The molecule has 94 valence electrons. The van der Waals surface area contributed by atoms with Gasteiger partial charge in [-0.15, -0.1) is 0 Å². The molecule has 0 aromatic heterocycles. The van der Waals surface area contributed by atoms with Gasteiger partial charge in [-0.25, -0.2) is 14.2 Å². The molecule has 0 aliphatic carbocycles. The van der Waals surface area contributed by atoms with Gasteiger partial charge in [-0.1, -0.05) is 34.1 Å². The molecule has 1 unspecified atom stereocenters. The average molecular weight is 313 g/mol. The molecule has 0 saturated carbocycles. The predicted molar refractivity (Wildman–Crippen MR) is 69.7 cm³/mol. The van der Waals surface area contributed by atoms with E-state index in [2.05, 4.69) is 21.4 Å². The fraction of sp³-hybridized carbons (Fsp3) is 0.0769. The largest absolute Gasteiger partial charge is 0.271 e. The van der Waals surface area contributed by atoms with Gasteiger partial charge in [0.1, 0.15) is 11.6 Å². The van der Waals surface area contributed by atoms with Crippen molar-refractivity contribution in [1.29, 1.82) is 0 Å². The molecule has 2 rings (SSSR count). The van der Waals surface area contributed by atoms with Gasteiger partial charge in [0.2, 0.25) is 0 Å². The molecule has 5 heteroatoms. The van der Waals surface area contributed by atoms with Gasteiger partial charge in [0, 0.05) is 10.0 Å². The number of hydrogen-bond donors (Lipinski definition) is 2.